The van der Waals surface area contributed by atoms with Gasteiger partial charge in [0.05, 0.1) is 12.5 Å². The van der Waals surface area contributed by atoms with Crippen LogP contribution < -0.4 is 0 Å². The maximum Gasteiger partial charge on any atom is 0.308 e. The van der Waals surface area contributed by atoms with Crippen LogP contribution in [0.4, 0.5) is 0 Å². The minimum absolute atomic E-state index is 0.0369. The molecule has 0 bridgehead atoms. The normalized spacial score (nSPS) is 29.8. The van der Waals surface area contributed by atoms with Gasteiger partial charge in [-0.2, -0.15) is 0 Å². The van der Waals surface area contributed by atoms with Crippen molar-refractivity contribution in [3.63, 3.8) is 0 Å². The predicted molar refractivity (Wildman–Crippen MR) is 87.9 cm³/mol. The van der Waals surface area contributed by atoms with E-state index in [0.29, 0.717) is 37.1 Å². The topological polar surface area (TPSA) is 66.8 Å². The Morgan fingerprint density at radius 3 is 2.67 bits per heavy atom. The Balaban J connectivity index is 1.51. The molecule has 128 valence electrons. The molecule has 2 heterocycles. The summed E-state index contributed by atoms with van der Waals surface area (Å²) in [6, 6.07) is 7.76. The Hall–Kier alpha value is -1.88. The molecule has 1 unspecified atom stereocenters. The summed E-state index contributed by atoms with van der Waals surface area (Å²) in [5, 5.41) is 9.47. The first kappa shape index (κ1) is 15.6. The van der Waals surface area contributed by atoms with Gasteiger partial charge in [0.1, 0.15) is 0 Å². The molecule has 5 heteroatoms. The number of aliphatic carboxylic acids is 1. The summed E-state index contributed by atoms with van der Waals surface area (Å²) in [7, 11) is 0. The highest BCUT2D eigenvalue weighted by Crippen LogP contribution is 2.44. The van der Waals surface area contributed by atoms with Crippen LogP contribution in [0, 0.1) is 17.8 Å². The van der Waals surface area contributed by atoms with Gasteiger partial charge in [-0.3, -0.25) is 9.59 Å². The van der Waals surface area contributed by atoms with Crippen LogP contribution in [0.25, 0.3) is 0 Å². The van der Waals surface area contributed by atoms with Crippen LogP contribution in [0.5, 0.6) is 0 Å². The third kappa shape index (κ3) is 2.93. The van der Waals surface area contributed by atoms with E-state index in [0.717, 1.165) is 31.4 Å². The van der Waals surface area contributed by atoms with Crippen LogP contribution in [-0.2, 0) is 9.53 Å². The van der Waals surface area contributed by atoms with Crippen molar-refractivity contribution in [3.05, 3.63) is 35.4 Å². The fraction of sp³-hybridized carbons (Fsp3) is 0.579. The van der Waals surface area contributed by atoms with Gasteiger partial charge in [0, 0.05) is 31.2 Å². The number of carboxylic acid groups (broad SMARTS) is 1. The predicted octanol–water partition coefficient (Wildman–Crippen LogP) is 2.37. The molecule has 5 nitrogen and oxygen atoms in total. The number of rotatable bonds is 4. The standard InChI is InChI=1S/C19H23NO4/c21-18(14-3-1-2-13(8-14)15-6-7-24-11-15)20-9-16(12-4-5-12)17(10-20)19(22)23/h1-3,8,12,15-17H,4-7,9-11H2,(H,22,23)/t15?,16-,17+/m1/s1. The summed E-state index contributed by atoms with van der Waals surface area (Å²) >= 11 is 0. The van der Waals surface area contributed by atoms with Crippen molar-refractivity contribution >= 4 is 11.9 Å². The van der Waals surface area contributed by atoms with Gasteiger partial charge in [-0.1, -0.05) is 12.1 Å². The number of nitrogens with zero attached hydrogens (tertiary/aromatic N) is 1. The van der Waals surface area contributed by atoms with Gasteiger partial charge in [-0.15, -0.1) is 0 Å². The molecule has 2 aliphatic heterocycles. The van der Waals surface area contributed by atoms with E-state index in [9.17, 15) is 14.7 Å². The van der Waals surface area contributed by atoms with Gasteiger partial charge in [0.25, 0.3) is 5.91 Å². The van der Waals surface area contributed by atoms with Crippen molar-refractivity contribution < 1.29 is 19.4 Å². The Morgan fingerprint density at radius 2 is 2.00 bits per heavy atom. The lowest BCUT2D eigenvalue weighted by atomic mass is 9.92. The van der Waals surface area contributed by atoms with Crippen molar-refractivity contribution in [2.75, 3.05) is 26.3 Å². The monoisotopic (exact) mass is 329 g/mol. The SMILES string of the molecule is O=C(O)[C@H]1CN(C(=O)c2cccc(C3CCOC3)c2)C[C@@H]1C1CC1. The average molecular weight is 329 g/mol. The first-order valence-corrected chi connectivity index (χ1v) is 8.83. The number of likely N-dealkylation sites (tertiary alicyclic amines) is 1. The number of carboxylic acids is 1. The maximum absolute atomic E-state index is 12.9. The fourth-order valence-corrected chi connectivity index (χ4v) is 4.16. The van der Waals surface area contributed by atoms with E-state index >= 15 is 0 Å². The number of ether oxygens (including phenoxy) is 1. The fourth-order valence-electron chi connectivity index (χ4n) is 4.16. The largest absolute Gasteiger partial charge is 0.481 e. The number of hydrogen-bond donors (Lipinski definition) is 1. The Morgan fingerprint density at radius 1 is 1.17 bits per heavy atom. The number of amides is 1. The zero-order valence-corrected chi connectivity index (χ0v) is 13.7. The van der Waals surface area contributed by atoms with E-state index < -0.39 is 11.9 Å². The number of carbonyl (C=O) groups is 2. The molecule has 3 aliphatic rings. The molecule has 2 saturated heterocycles. The van der Waals surface area contributed by atoms with Crippen LogP contribution in [0.15, 0.2) is 24.3 Å². The summed E-state index contributed by atoms with van der Waals surface area (Å²) < 4.78 is 5.44. The van der Waals surface area contributed by atoms with E-state index in [1.807, 2.05) is 24.3 Å². The van der Waals surface area contributed by atoms with Crippen LogP contribution in [0.1, 0.15) is 41.1 Å². The van der Waals surface area contributed by atoms with Crippen LogP contribution in [-0.4, -0.2) is 48.2 Å². The lowest BCUT2D eigenvalue weighted by molar-refractivity contribution is -0.142. The second-order valence-electron chi connectivity index (χ2n) is 7.34. The highest BCUT2D eigenvalue weighted by Gasteiger charge is 2.46. The van der Waals surface area contributed by atoms with Crippen LogP contribution in [0.3, 0.4) is 0 Å². The van der Waals surface area contributed by atoms with E-state index in [-0.39, 0.29) is 11.8 Å². The Bertz CT molecular complexity index is 649. The smallest absolute Gasteiger partial charge is 0.308 e. The summed E-state index contributed by atoms with van der Waals surface area (Å²) in [5.41, 5.74) is 1.81. The third-order valence-corrected chi connectivity index (χ3v) is 5.73. The molecule has 1 saturated carbocycles. The summed E-state index contributed by atoms with van der Waals surface area (Å²) in [5.74, 6) is -0.233. The zero-order valence-electron chi connectivity index (χ0n) is 13.7. The summed E-state index contributed by atoms with van der Waals surface area (Å²) in [6.07, 6.45) is 3.20. The minimum Gasteiger partial charge on any atom is -0.481 e. The minimum atomic E-state index is -0.765. The summed E-state index contributed by atoms with van der Waals surface area (Å²) in [6.45, 7) is 2.41. The third-order valence-electron chi connectivity index (χ3n) is 5.73. The molecule has 1 N–H and O–H groups in total. The van der Waals surface area contributed by atoms with Gasteiger partial charge in [-0.25, -0.2) is 0 Å². The van der Waals surface area contributed by atoms with Crippen molar-refractivity contribution in [1.82, 2.24) is 4.90 Å². The maximum atomic E-state index is 12.9. The Labute approximate surface area is 141 Å². The van der Waals surface area contributed by atoms with Crippen LogP contribution in [0.2, 0.25) is 0 Å². The van der Waals surface area contributed by atoms with Gasteiger partial charge in [-0.05, 0) is 48.8 Å². The highest BCUT2D eigenvalue weighted by molar-refractivity contribution is 5.95. The first-order chi connectivity index (χ1) is 11.6. The molecule has 0 aromatic heterocycles. The molecule has 0 radical (unpaired) electrons. The molecule has 1 aliphatic carbocycles. The highest BCUT2D eigenvalue weighted by atomic mass is 16.5. The van der Waals surface area contributed by atoms with Crippen LogP contribution >= 0.6 is 0 Å². The molecule has 4 rings (SSSR count). The van der Waals surface area contributed by atoms with Gasteiger partial charge < -0.3 is 14.7 Å². The van der Waals surface area contributed by atoms with E-state index in [1.165, 1.54) is 0 Å². The lowest BCUT2D eigenvalue weighted by Crippen LogP contribution is -2.30. The molecule has 1 aromatic carbocycles. The second kappa shape index (κ2) is 6.20. The van der Waals surface area contributed by atoms with Gasteiger partial charge >= 0.3 is 5.97 Å². The second-order valence-corrected chi connectivity index (χ2v) is 7.34. The molecular formula is C19H23NO4. The number of hydrogen-bond acceptors (Lipinski definition) is 3. The van der Waals surface area contributed by atoms with Gasteiger partial charge in [0.2, 0.25) is 0 Å². The van der Waals surface area contributed by atoms with E-state index in [2.05, 4.69) is 0 Å². The lowest BCUT2D eigenvalue weighted by Gasteiger charge is -2.17. The number of carbonyl (C=O) groups excluding carboxylic acids is 1. The molecule has 1 aromatic rings. The average Bonchev–Trinajstić information content (AvgIpc) is 3.12. The number of benzene rings is 1. The zero-order chi connectivity index (χ0) is 16.7. The van der Waals surface area contributed by atoms with Crippen molar-refractivity contribution in [2.45, 2.75) is 25.2 Å². The van der Waals surface area contributed by atoms with E-state index in [1.54, 1.807) is 4.90 Å². The molecule has 24 heavy (non-hydrogen) atoms. The first-order valence-electron chi connectivity index (χ1n) is 8.83. The molecule has 3 atom stereocenters. The molecular weight excluding hydrogens is 306 g/mol. The van der Waals surface area contributed by atoms with Crippen molar-refractivity contribution in [2.24, 2.45) is 17.8 Å². The van der Waals surface area contributed by atoms with Crippen molar-refractivity contribution in [3.8, 4) is 0 Å². The quantitative estimate of drug-likeness (QED) is 0.921. The molecule has 1 amide bonds. The molecule has 0 spiro atoms. The van der Waals surface area contributed by atoms with Gasteiger partial charge in [0.15, 0.2) is 0 Å². The summed E-state index contributed by atoms with van der Waals surface area (Å²) in [4.78, 5) is 26.1. The van der Waals surface area contributed by atoms with Crippen molar-refractivity contribution in [1.29, 1.82) is 0 Å². The van der Waals surface area contributed by atoms with E-state index in [4.69, 9.17) is 4.74 Å². The Kier molecular flexibility index (Phi) is 4.04. The molecule has 3 fully saturated rings.